The quantitative estimate of drug-likeness (QED) is 0.518. The second-order valence-corrected chi connectivity index (χ2v) is 8.84. The average Bonchev–Trinajstić information content (AvgIpc) is 2.57. The summed E-state index contributed by atoms with van der Waals surface area (Å²) in [4.78, 5) is 24.6. The summed E-state index contributed by atoms with van der Waals surface area (Å²) in [5, 5.41) is 0. The lowest BCUT2D eigenvalue weighted by Gasteiger charge is -2.56. The van der Waals surface area contributed by atoms with Crippen LogP contribution in [0.5, 0.6) is 0 Å². The average molecular weight is 352 g/mol. The van der Waals surface area contributed by atoms with E-state index in [4.69, 9.17) is 14.2 Å². The molecule has 0 spiro atoms. The first-order chi connectivity index (χ1) is 11.8. The van der Waals surface area contributed by atoms with E-state index in [2.05, 4.69) is 0 Å². The Morgan fingerprint density at radius 1 is 0.920 bits per heavy atom. The normalized spacial score (nSPS) is 36.6. The van der Waals surface area contributed by atoms with Crippen molar-refractivity contribution in [2.75, 3.05) is 13.7 Å². The molecule has 4 aliphatic rings. The smallest absolute Gasteiger partial charge is 0.311 e. The fourth-order valence-electron chi connectivity index (χ4n) is 5.55. The van der Waals surface area contributed by atoms with Crippen molar-refractivity contribution in [3.8, 4) is 0 Å². The Morgan fingerprint density at radius 3 is 1.88 bits per heavy atom. The molecule has 4 aliphatic carbocycles. The molecule has 0 aromatic heterocycles. The Hall–Kier alpha value is -1.10. The van der Waals surface area contributed by atoms with Crippen molar-refractivity contribution < 1.29 is 23.8 Å². The van der Waals surface area contributed by atoms with Crippen LogP contribution in [0.1, 0.15) is 59.3 Å². The molecule has 4 bridgehead atoms. The van der Waals surface area contributed by atoms with Crippen LogP contribution in [-0.2, 0) is 23.8 Å². The van der Waals surface area contributed by atoms with Crippen molar-refractivity contribution in [1.82, 2.24) is 0 Å². The maximum absolute atomic E-state index is 12.5. The summed E-state index contributed by atoms with van der Waals surface area (Å²) in [7, 11) is 1.48. The molecule has 0 heterocycles. The van der Waals surface area contributed by atoms with E-state index in [0.717, 1.165) is 17.8 Å². The monoisotopic (exact) mass is 352 g/mol. The van der Waals surface area contributed by atoms with Gasteiger partial charge in [0, 0.05) is 12.5 Å². The van der Waals surface area contributed by atoms with E-state index in [1.165, 1.54) is 45.6 Å². The minimum Gasteiger partial charge on any atom is -0.465 e. The molecule has 0 aromatic rings. The molecule has 142 valence electrons. The van der Waals surface area contributed by atoms with Crippen LogP contribution in [0.2, 0.25) is 0 Å². The molecular formula is C20H32O5. The van der Waals surface area contributed by atoms with Gasteiger partial charge in [0.15, 0.2) is 6.29 Å². The standard InChI is InChI=1S/C20H32O5/c1-12(13(2)19(22)25-14(3)23-4)18(21)24-11-20-8-15-5-16(9-20)7-17(6-15)10-20/h12-17H,5-11H2,1-4H3. The second-order valence-electron chi connectivity index (χ2n) is 8.84. The number of hydrogen-bond donors (Lipinski definition) is 0. The molecule has 3 unspecified atom stereocenters. The fourth-order valence-corrected chi connectivity index (χ4v) is 5.55. The number of carbonyl (C=O) groups is 2. The van der Waals surface area contributed by atoms with Gasteiger partial charge >= 0.3 is 11.9 Å². The van der Waals surface area contributed by atoms with Gasteiger partial charge in [-0.1, -0.05) is 13.8 Å². The molecule has 25 heavy (non-hydrogen) atoms. The van der Waals surface area contributed by atoms with E-state index in [0.29, 0.717) is 6.61 Å². The molecule has 0 radical (unpaired) electrons. The van der Waals surface area contributed by atoms with Crippen LogP contribution in [0.3, 0.4) is 0 Å². The first-order valence-electron chi connectivity index (χ1n) is 9.72. The summed E-state index contributed by atoms with van der Waals surface area (Å²) in [6.45, 7) is 5.63. The Bertz CT molecular complexity index is 479. The SMILES string of the molecule is COC(C)OC(=O)C(C)C(C)C(=O)OCC12CC3CC(CC(C3)C1)C2. The van der Waals surface area contributed by atoms with Crippen LogP contribution in [0.15, 0.2) is 0 Å². The lowest BCUT2D eigenvalue weighted by molar-refractivity contribution is -0.180. The van der Waals surface area contributed by atoms with E-state index in [-0.39, 0.29) is 11.4 Å². The molecule has 0 amide bonds. The Balaban J connectivity index is 1.51. The van der Waals surface area contributed by atoms with Crippen molar-refractivity contribution in [3.05, 3.63) is 0 Å². The highest BCUT2D eigenvalue weighted by atomic mass is 16.7. The van der Waals surface area contributed by atoms with Crippen molar-refractivity contribution in [2.45, 2.75) is 65.6 Å². The van der Waals surface area contributed by atoms with Gasteiger partial charge in [-0.2, -0.15) is 0 Å². The number of rotatable bonds is 7. The van der Waals surface area contributed by atoms with Gasteiger partial charge in [0.1, 0.15) is 0 Å². The van der Waals surface area contributed by atoms with Gasteiger partial charge in [0.2, 0.25) is 0 Å². The molecule has 5 nitrogen and oxygen atoms in total. The van der Waals surface area contributed by atoms with E-state index in [1.807, 2.05) is 0 Å². The van der Waals surface area contributed by atoms with Gasteiger partial charge < -0.3 is 14.2 Å². The zero-order valence-electron chi connectivity index (χ0n) is 16.0. The Morgan fingerprint density at radius 2 is 1.40 bits per heavy atom. The van der Waals surface area contributed by atoms with Crippen molar-refractivity contribution in [3.63, 3.8) is 0 Å². The van der Waals surface area contributed by atoms with Crippen molar-refractivity contribution in [1.29, 1.82) is 0 Å². The summed E-state index contributed by atoms with van der Waals surface area (Å²) in [5.74, 6) is 0.760. The van der Waals surface area contributed by atoms with Gasteiger partial charge in [-0.3, -0.25) is 9.59 Å². The highest BCUT2D eigenvalue weighted by Gasteiger charge is 2.51. The number of esters is 2. The number of ether oxygens (including phenoxy) is 3. The van der Waals surface area contributed by atoms with Crippen LogP contribution >= 0.6 is 0 Å². The van der Waals surface area contributed by atoms with Gasteiger partial charge in [-0.05, 0) is 63.2 Å². The highest BCUT2D eigenvalue weighted by Crippen LogP contribution is 2.60. The molecule has 4 rings (SSSR count). The predicted octanol–water partition coefficient (Wildman–Crippen LogP) is 3.55. The molecule has 3 atom stereocenters. The molecule has 5 heteroatoms. The van der Waals surface area contributed by atoms with Crippen LogP contribution in [0.4, 0.5) is 0 Å². The predicted molar refractivity (Wildman–Crippen MR) is 92.5 cm³/mol. The Kier molecular flexibility index (Phi) is 5.42. The van der Waals surface area contributed by atoms with Crippen LogP contribution in [0.25, 0.3) is 0 Å². The molecular weight excluding hydrogens is 320 g/mol. The zero-order valence-corrected chi connectivity index (χ0v) is 16.0. The maximum Gasteiger partial charge on any atom is 0.311 e. The Labute approximate surface area is 150 Å². The number of methoxy groups -OCH3 is 1. The minimum atomic E-state index is -0.606. The van der Waals surface area contributed by atoms with Crippen LogP contribution in [-0.4, -0.2) is 31.9 Å². The van der Waals surface area contributed by atoms with E-state index < -0.39 is 24.1 Å². The summed E-state index contributed by atoms with van der Waals surface area (Å²) in [5.41, 5.74) is 0.207. The molecule has 0 saturated heterocycles. The lowest BCUT2D eigenvalue weighted by atomic mass is 9.50. The highest BCUT2D eigenvalue weighted by molar-refractivity contribution is 5.81. The molecule has 0 aliphatic heterocycles. The van der Waals surface area contributed by atoms with Gasteiger partial charge in [-0.25, -0.2) is 0 Å². The third-order valence-corrected chi connectivity index (χ3v) is 6.79. The van der Waals surface area contributed by atoms with E-state index in [9.17, 15) is 9.59 Å². The molecule has 4 fully saturated rings. The fraction of sp³-hybridized carbons (Fsp3) is 0.900. The summed E-state index contributed by atoms with van der Waals surface area (Å²) in [6, 6.07) is 0. The number of carbonyl (C=O) groups excluding carboxylic acids is 2. The third kappa shape index (κ3) is 4.02. The van der Waals surface area contributed by atoms with E-state index in [1.54, 1.807) is 20.8 Å². The molecule has 0 N–H and O–H groups in total. The van der Waals surface area contributed by atoms with Gasteiger partial charge in [0.05, 0.1) is 18.4 Å². The largest absolute Gasteiger partial charge is 0.465 e. The summed E-state index contributed by atoms with van der Waals surface area (Å²) in [6.07, 6.45) is 7.17. The summed E-state index contributed by atoms with van der Waals surface area (Å²) >= 11 is 0. The van der Waals surface area contributed by atoms with Crippen LogP contribution in [0, 0.1) is 35.0 Å². The van der Waals surface area contributed by atoms with E-state index >= 15 is 0 Å². The lowest BCUT2D eigenvalue weighted by Crippen LogP contribution is -2.48. The van der Waals surface area contributed by atoms with Gasteiger partial charge in [-0.15, -0.1) is 0 Å². The second kappa shape index (κ2) is 7.26. The first kappa shape index (κ1) is 18.7. The van der Waals surface area contributed by atoms with Crippen molar-refractivity contribution in [2.24, 2.45) is 35.0 Å². The number of hydrogen-bond acceptors (Lipinski definition) is 5. The summed E-state index contributed by atoms with van der Waals surface area (Å²) < 4.78 is 15.8. The third-order valence-electron chi connectivity index (χ3n) is 6.79. The van der Waals surface area contributed by atoms with Crippen LogP contribution < -0.4 is 0 Å². The van der Waals surface area contributed by atoms with Gasteiger partial charge in [0.25, 0.3) is 0 Å². The van der Waals surface area contributed by atoms with Crippen molar-refractivity contribution >= 4 is 11.9 Å². The molecule has 4 saturated carbocycles. The minimum absolute atomic E-state index is 0.207. The molecule has 0 aromatic carbocycles. The maximum atomic E-state index is 12.5. The first-order valence-corrected chi connectivity index (χ1v) is 9.72. The zero-order chi connectivity index (χ0) is 18.2. The topological polar surface area (TPSA) is 61.8 Å².